The van der Waals surface area contributed by atoms with Gasteiger partial charge in [-0.25, -0.2) is 8.42 Å². The van der Waals surface area contributed by atoms with Gasteiger partial charge in [0.2, 0.25) is 15.9 Å². The van der Waals surface area contributed by atoms with Crippen LogP contribution in [0.1, 0.15) is 38.2 Å². The van der Waals surface area contributed by atoms with Crippen molar-refractivity contribution in [2.75, 3.05) is 26.2 Å². The summed E-state index contributed by atoms with van der Waals surface area (Å²) >= 11 is 0. The van der Waals surface area contributed by atoms with E-state index in [1.807, 2.05) is 26.0 Å². The van der Waals surface area contributed by atoms with Crippen molar-refractivity contribution < 1.29 is 13.2 Å². The predicted molar refractivity (Wildman–Crippen MR) is 101 cm³/mol. The molecule has 7 heteroatoms. The van der Waals surface area contributed by atoms with Gasteiger partial charge in [-0.3, -0.25) is 9.69 Å². The summed E-state index contributed by atoms with van der Waals surface area (Å²) in [6, 6.07) is 7.05. The van der Waals surface area contributed by atoms with E-state index in [9.17, 15) is 13.2 Å². The van der Waals surface area contributed by atoms with Gasteiger partial charge in [-0.15, -0.1) is 0 Å². The molecule has 0 aromatic heterocycles. The maximum absolute atomic E-state index is 12.8. The molecule has 2 fully saturated rings. The van der Waals surface area contributed by atoms with Crippen LogP contribution in [0.2, 0.25) is 0 Å². The fourth-order valence-corrected chi connectivity index (χ4v) is 5.17. The first-order valence-electron chi connectivity index (χ1n) is 9.49. The second kappa shape index (κ2) is 8.06. The SMILES string of the molecule is Cc1ccc(S(=O)(=O)N2CCN(C(C)C(=O)NC3CCCC3)CC2)cc1. The number of benzene rings is 1. The number of nitrogens with one attached hydrogen (secondary N) is 1. The zero-order valence-corrected chi connectivity index (χ0v) is 16.5. The van der Waals surface area contributed by atoms with Crippen LogP contribution in [-0.4, -0.2) is 61.8 Å². The molecule has 2 aliphatic rings. The van der Waals surface area contributed by atoms with Crippen LogP contribution in [0.25, 0.3) is 0 Å². The number of hydrogen-bond donors (Lipinski definition) is 1. The Morgan fingerprint density at radius 2 is 1.65 bits per heavy atom. The molecule has 1 aliphatic heterocycles. The topological polar surface area (TPSA) is 69.7 Å². The highest BCUT2D eigenvalue weighted by Crippen LogP contribution is 2.20. The Labute approximate surface area is 156 Å². The van der Waals surface area contributed by atoms with Gasteiger partial charge >= 0.3 is 0 Å². The second-order valence-electron chi connectivity index (χ2n) is 7.42. The first kappa shape index (κ1) is 19.3. The fourth-order valence-electron chi connectivity index (χ4n) is 3.75. The molecule has 1 aromatic carbocycles. The van der Waals surface area contributed by atoms with Crippen molar-refractivity contribution >= 4 is 15.9 Å². The van der Waals surface area contributed by atoms with Gasteiger partial charge in [0.15, 0.2) is 0 Å². The minimum absolute atomic E-state index is 0.0618. The zero-order valence-electron chi connectivity index (χ0n) is 15.6. The number of sulfonamides is 1. The van der Waals surface area contributed by atoms with Gasteiger partial charge in [-0.1, -0.05) is 30.5 Å². The zero-order chi connectivity index (χ0) is 18.7. The van der Waals surface area contributed by atoms with Crippen molar-refractivity contribution in [1.82, 2.24) is 14.5 Å². The van der Waals surface area contributed by atoms with Gasteiger partial charge in [0.05, 0.1) is 10.9 Å². The maximum Gasteiger partial charge on any atom is 0.243 e. The third-order valence-electron chi connectivity index (χ3n) is 5.56. The van der Waals surface area contributed by atoms with Crippen molar-refractivity contribution in [1.29, 1.82) is 0 Å². The number of aryl methyl sites for hydroxylation is 1. The van der Waals surface area contributed by atoms with Gasteiger partial charge in [-0.2, -0.15) is 4.31 Å². The lowest BCUT2D eigenvalue weighted by Gasteiger charge is -2.37. The quantitative estimate of drug-likeness (QED) is 0.846. The van der Waals surface area contributed by atoms with E-state index in [-0.39, 0.29) is 11.9 Å². The maximum atomic E-state index is 12.8. The van der Waals surface area contributed by atoms with Crippen LogP contribution >= 0.6 is 0 Å². The van der Waals surface area contributed by atoms with Crippen molar-refractivity contribution in [3.63, 3.8) is 0 Å². The van der Waals surface area contributed by atoms with Crippen LogP contribution in [0, 0.1) is 6.92 Å². The molecule has 1 amide bonds. The molecule has 1 aliphatic carbocycles. The van der Waals surface area contributed by atoms with Crippen LogP contribution in [0.4, 0.5) is 0 Å². The molecule has 0 bridgehead atoms. The minimum atomic E-state index is -3.46. The van der Waals surface area contributed by atoms with E-state index in [4.69, 9.17) is 0 Å². The number of rotatable bonds is 5. The average Bonchev–Trinajstić information content (AvgIpc) is 3.14. The standard InChI is InChI=1S/C19H29N3O3S/c1-15-7-9-18(10-8-15)26(24,25)22-13-11-21(12-14-22)16(2)19(23)20-17-5-3-4-6-17/h7-10,16-17H,3-6,11-14H2,1-2H3,(H,20,23). The second-order valence-corrected chi connectivity index (χ2v) is 9.36. The van der Waals surface area contributed by atoms with Crippen LogP contribution in [0.5, 0.6) is 0 Å². The Balaban J connectivity index is 1.56. The lowest BCUT2D eigenvalue weighted by atomic mass is 10.2. The van der Waals surface area contributed by atoms with Gasteiger partial charge in [-0.05, 0) is 38.8 Å². The number of nitrogens with zero attached hydrogens (tertiary/aromatic N) is 2. The van der Waals surface area contributed by atoms with Crippen LogP contribution < -0.4 is 5.32 Å². The van der Waals surface area contributed by atoms with E-state index >= 15 is 0 Å². The summed E-state index contributed by atoms with van der Waals surface area (Å²) in [5.41, 5.74) is 1.04. The Morgan fingerprint density at radius 3 is 2.23 bits per heavy atom. The molecule has 1 aromatic rings. The van der Waals surface area contributed by atoms with Crippen LogP contribution in [0.3, 0.4) is 0 Å². The summed E-state index contributed by atoms with van der Waals surface area (Å²) in [6.45, 7) is 5.82. The smallest absolute Gasteiger partial charge is 0.243 e. The minimum Gasteiger partial charge on any atom is -0.352 e. The highest BCUT2D eigenvalue weighted by molar-refractivity contribution is 7.89. The van der Waals surface area contributed by atoms with Crippen molar-refractivity contribution in [2.24, 2.45) is 0 Å². The molecule has 1 atom stereocenters. The van der Waals surface area contributed by atoms with E-state index < -0.39 is 10.0 Å². The summed E-state index contributed by atoms with van der Waals surface area (Å²) in [6.07, 6.45) is 4.52. The predicted octanol–water partition coefficient (Wildman–Crippen LogP) is 1.75. The van der Waals surface area contributed by atoms with Crippen molar-refractivity contribution in [3.8, 4) is 0 Å². The first-order valence-corrected chi connectivity index (χ1v) is 10.9. The van der Waals surface area contributed by atoms with E-state index in [2.05, 4.69) is 10.2 Å². The van der Waals surface area contributed by atoms with Crippen molar-refractivity contribution in [3.05, 3.63) is 29.8 Å². The van der Waals surface area contributed by atoms with Crippen molar-refractivity contribution in [2.45, 2.75) is 56.5 Å². The van der Waals surface area contributed by atoms with Gasteiger partial charge in [0.25, 0.3) is 0 Å². The number of carbonyl (C=O) groups excluding carboxylic acids is 1. The highest BCUT2D eigenvalue weighted by Gasteiger charge is 2.32. The number of carbonyl (C=O) groups is 1. The fraction of sp³-hybridized carbons (Fsp3) is 0.632. The lowest BCUT2D eigenvalue weighted by molar-refractivity contribution is -0.127. The summed E-state index contributed by atoms with van der Waals surface area (Å²) in [4.78, 5) is 14.9. The molecule has 1 saturated heterocycles. The summed E-state index contributed by atoms with van der Waals surface area (Å²) in [5, 5.41) is 3.14. The molecule has 26 heavy (non-hydrogen) atoms. The van der Waals surface area contributed by atoms with E-state index in [0.717, 1.165) is 18.4 Å². The molecular weight excluding hydrogens is 350 g/mol. The van der Waals surface area contributed by atoms with E-state index in [1.54, 1.807) is 12.1 Å². The Bertz CT molecular complexity index is 719. The summed E-state index contributed by atoms with van der Waals surface area (Å²) < 4.78 is 27.1. The number of piperazine rings is 1. The van der Waals surface area contributed by atoms with Gasteiger partial charge in [0.1, 0.15) is 0 Å². The summed E-state index contributed by atoms with van der Waals surface area (Å²) in [7, 11) is -3.46. The van der Waals surface area contributed by atoms with Crippen LogP contribution in [0.15, 0.2) is 29.2 Å². The summed E-state index contributed by atoms with van der Waals surface area (Å²) in [5.74, 6) is 0.0618. The molecule has 6 nitrogen and oxygen atoms in total. The third-order valence-corrected chi connectivity index (χ3v) is 7.47. The Hall–Kier alpha value is -1.44. The molecule has 1 unspecified atom stereocenters. The first-order chi connectivity index (χ1) is 12.4. The van der Waals surface area contributed by atoms with E-state index in [0.29, 0.717) is 37.1 Å². The highest BCUT2D eigenvalue weighted by atomic mass is 32.2. The molecule has 0 spiro atoms. The Morgan fingerprint density at radius 1 is 1.08 bits per heavy atom. The molecule has 144 valence electrons. The third kappa shape index (κ3) is 4.27. The number of hydrogen-bond acceptors (Lipinski definition) is 4. The molecule has 1 heterocycles. The molecule has 0 radical (unpaired) electrons. The molecule has 3 rings (SSSR count). The monoisotopic (exact) mass is 379 g/mol. The normalized spacial score (nSPS) is 21.6. The molecule has 1 N–H and O–H groups in total. The van der Waals surface area contributed by atoms with E-state index in [1.165, 1.54) is 17.1 Å². The van der Waals surface area contributed by atoms with Crippen LogP contribution in [-0.2, 0) is 14.8 Å². The Kier molecular flexibility index (Phi) is 5.99. The van der Waals surface area contributed by atoms with Gasteiger partial charge < -0.3 is 5.32 Å². The lowest BCUT2D eigenvalue weighted by Crippen LogP contribution is -2.55. The van der Waals surface area contributed by atoms with Gasteiger partial charge in [0, 0.05) is 32.2 Å². The largest absolute Gasteiger partial charge is 0.352 e. The molecular formula is C19H29N3O3S. The molecule has 1 saturated carbocycles. The average molecular weight is 380 g/mol. The number of amides is 1.